The number of nitrogens with one attached hydrogen (secondary N) is 1. The van der Waals surface area contributed by atoms with E-state index < -0.39 is 23.8 Å². The summed E-state index contributed by atoms with van der Waals surface area (Å²) in [5, 5.41) is 9.72. The first-order chi connectivity index (χ1) is 16.4. The van der Waals surface area contributed by atoms with Crippen molar-refractivity contribution in [3.63, 3.8) is 0 Å². The van der Waals surface area contributed by atoms with Crippen LogP contribution in [0.15, 0.2) is 53.9 Å². The molecular formula is C24H20ClN5O3S. The Kier molecular flexibility index (Phi) is 5.66. The third-order valence-electron chi connectivity index (χ3n) is 6.01. The highest BCUT2D eigenvalue weighted by atomic mass is 35.5. The van der Waals surface area contributed by atoms with Crippen LogP contribution in [-0.4, -0.2) is 43.3 Å². The van der Waals surface area contributed by atoms with Gasteiger partial charge in [-0.25, -0.2) is 4.52 Å². The minimum Gasteiger partial charge on any atom is -0.291 e. The van der Waals surface area contributed by atoms with Crippen molar-refractivity contribution in [2.75, 3.05) is 5.32 Å². The first kappa shape index (κ1) is 22.2. The molecule has 8 nitrogen and oxygen atoms in total. The van der Waals surface area contributed by atoms with E-state index in [1.54, 1.807) is 40.9 Å². The normalized spacial score (nSPS) is 15.0. The van der Waals surface area contributed by atoms with Crippen molar-refractivity contribution in [1.82, 2.24) is 19.5 Å². The van der Waals surface area contributed by atoms with Crippen LogP contribution in [0, 0.1) is 5.92 Å². The quantitative estimate of drug-likeness (QED) is 0.390. The van der Waals surface area contributed by atoms with Gasteiger partial charge in [-0.2, -0.15) is 4.98 Å². The molecule has 34 heavy (non-hydrogen) atoms. The number of aromatic nitrogens is 3. The molecule has 0 aliphatic carbocycles. The smallest absolute Gasteiger partial charge is 0.262 e. The lowest BCUT2D eigenvalue weighted by atomic mass is 9.96. The Balaban J connectivity index is 1.44. The lowest BCUT2D eigenvalue weighted by Crippen LogP contribution is -2.50. The SMILES string of the molecule is CCC(C)C(C(=O)Nc1nc2scc(-c3ccc(Cl)cc3)n2n1)N1C(=O)c2ccccc2C1=O. The molecule has 2 aromatic carbocycles. The first-order valence-electron chi connectivity index (χ1n) is 10.8. The van der Waals surface area contributed by atoms with Crippen molar-refractivity contribution in [1.29, 1.82) is 0 Å². The molecule has 0 bridgehead atoms. The van der Waals surface area contributed by atoms with Gasteiger partial charge in [-0.05, 0) is 30.2 Å². The van der Waals surface area contributed by atoms with Gasteiger partial charge in [0.1, 0.15) is 6.04 Å². The minimum absolute atomic E-state index is 0.108. The number of imide groups is 1. The first-order valence-corrected chi connectivity index (χ1v) is 12.0. The van der Waals surface area contributed by atoms with E-state index in [1.807, 2.05) is 31.4 Å². The van der Waals surface area contributed by atoms with Gasteiger partial charge in [-0.15, -0.1) is 16.4 Å². The number of carbonyl (C=O) groups excluding carboxylic acids is 3. The summed E-state index contributed by atoms with van der Waals surface area (Å²) in [6.45, 7) is 3.75. The van der Waals surface area contributed by atoms with Crippen LogP contribution in [0.3, 0.4) is 0 Å². The van der Waals surface area contributed by atoms with Crippen LogP contribution in [-0.2, 0) is 4.79 Å². The molecule has 2 atom stereocenters. The monoisotopic (exact) mass is 493 g/mol. The van der Waals surface area contributed by atoms with Gasteiger partial charge in [-0.3, -0.25) is 24.6 Å². The Morgan fingerprint density at radius 1 is 1.09 bits per heavy atom. The number of hydrogen-bond donors (Lipinski definition) is 1. The maximum absolute atomic E-state index is 13.4. The van der Waals surface area contributed by atoms with Crippen LogP contribution >= 0.6 is 22.9 Å². The van der Waals surface area contributed by atoms with Gasteiger partial charge in [0.15, 0.2) is 0 Å². The zero-order valence-electron chi connectivity index (χ0n) is 18.4. The fourth-order valence-corrected chi connectivity index (χ4v) is 5.01. The van der Waals surface area contributed by atoms with Crippen molar-refractivity contribution in [2.45, 2.75) is 26.3 Å². The molecule has 0 fully saturated rings. The second-order valence-corrected chi connectivity index (χ2v) is 9.38. The number of rotatable bonds is 6. The number of hydrogen-bond acceptors (Lipinski definition) is 6. The van der Waals surface area contributed by atoms with Gasteiger partial charge in [0.2, 0.25) is 10.9 Å². The topological polar surface area (TPSA) is 96.7 Å². The molecule has 1 N–H and O–H groups in total. The Morgan fingerprint density at radius 3 is 2.35 bits per heavy atom. The number of anilines is 1. The molecule has 4 aromatic rings. The van der Waals surface area contributed by atoms with Crippen molar-refractivity contribution in [3.8, 4) is 11.3 Å². The summed E-state index contributed by atoms with van der Waals surface area (Å²) in [4.78, 5) is 45.5. The number of benzene rings is 2. The molecule has 0 saturated heterocycles. The Morgan fingerprint density at radius 2 is 1.74 bits per heavy atom. The standard InChI is InChI=1S/C24H20ClN5O3S/c1-3-13(2)19(29-21(32)16-6-4-5-7-17(16)22(29)33)20(31)26-23-27-24-30(28-23)18(12-34-24)14-8-10-15(25)11-9-14/h4-13,19H,3H2,1-2H3,(H,26,28,31). The van der Waals surface area contributed by atoms with E-state index in [4.69, 9.17) is 11.6 Å². The predicted octanol–water partition coefficient (Wildman–Crippen LogP) is 4.76. The van der Waals surface area contributed by atoms with E-state index in [0.717, 1.165) is 16.2 Å². The largest absolute Gasteiger partial charge is 0.291 e. The second kappa shape index (κ2) is 8.66. The molecule has 3 amide bonds. The molecule has 5 rings (SSSR count). The summed E-state index contributed by atoms with van der Waals surface area (Å²) in [6.07, 6.45) is 0.595. The highest BCUT2D eigenvalue weighted by Crippen LogP contribution is 2.30. The number of halogens is 1. The lowest BCUT2D eigenvalue weighted by molar-refractivity contribution is -0.121. The number of amides is 3. The van der Waals surface area contributed by atoms with E-state index in [9.17, 15) is 14.4 Å². The van der Waals surface area contributed by atoms with Crippen molar-refractivity contribution in [3.05, 3.63) is 70.1 Å². The average Bonchev–Trinajstić information content (AvgIpc) is 3.48. The summed E-state index contributed by atoms with van der Waals surface area (Å²) in [7, 11) is 0. The van der Waals surface area contributed by atoms with Gasteiger partial charge in [0.25, 0.3) is 17.8 Å². The Bertz CT molecular complexity index is 1390. The van der Waals surface area contributed by atoms with Crippen molar-refractivity contribution < 1.29 is 14.4 Å². The molecule has 2 unspecified atom stereocenters. The molecule has 1 aliphatic heterocycles. The molecular weight excluding hydrogens is 474 g/mol. The molecule has 0 radical (unpaired) electrons. The van der Waals surface area contributed by atoms with E-state index in [-0.39, 0.29) is 11.9 Å². The maximum atomic E-state index is 13.4. The summed E-state index contributed by atoms with van der Waals surface area (Å²) < 4.78 is 1.64. The average molecular weight is 494 g/mol. The Hall–Kier alpha value is -3.56. The lowest BCUT2D eigenvalue weighted by Gasteiger charge is -2.29. The van der Waals surface area contributed by atoms with Crippen molar-refractivity contribution in [2.24, 2.45) is 5.92 Å². The fourth-order valence-electron chi connectivity index (χ4n) is 4.05. The third-order valence-corrected chi connectivity index (χ3v) is 7.08. The zero-order chi connectivity index (χ0) is 24.0. The van der Waals surface area contributed by atoms with Gasteiger partial charge in [-0.1, -0.05) is 56.1 Å². The van der Waals surface area contributed by atoms with E-state index in [2.05, 4.69) is 15.4 Å². The number of thiazole rings is 1. The van der Waals surface area contributed by atoms with Gasteiger partial charge < -0.3 is 0 Å². The van der Waals surface area contributed by atoms with Gasteiger partial charge >= 0.3 is 0 Å². The van der Waals surface area contributed by atoms with Crippen molar-refractivity contribution >= 4 is 51.6 Å². The summed E-state index contributed by atoms with van der Waals surface area (Å²) >= 11 is 7.38. The predicted molar refractivity (Wildman–Crippen MR) is 130 cm³/mol. The minimum atomic E-state index is -0.991. The fraction of sp³-hybridized carbons (Fsp3) is 0.208. The van der Waals surface area contributed by atoms with Crippen LogP contribution < -0.4 is 5.32 Å². The van der Waals surface area contributed by atoms with Crippen LogP contribution in [0.25, 0.3) is 16.2 Å². The summed E-state index contributed by atoms with van der Waals surface area (Å²) in [5.41, 5.74) is 2.33. The maximum Gasteiger partial charge on any atom is 0.262 e. The summed E-state index contributed by atoms with van der Waals surface area (Å²) in [5.74, 6) is -1.60. The van der Waals surface area contributed by atoms with Gasteiger partial charge in [0.05, 0.1) is 16.8 Å². The highest BCUT2D eigenvalue weighted by molar-refractivity contribution is 7.15. The number of nitrogens with zero attached hydrogens (tertiary/aromatic N) is 4. The van der Waals surface area contributed by atoms with Crippen LogP contribution in [0.1, 0.15) is 41.0 Å². The van der Waals surface area contributed by atoms with E-state index in [1.165, 1.54) is 11.3 Å². The third kappa shape index (κ3) is 3.66. The molecule has 10 heteroatoms. The second-order valence-electron chi connectivity index (χ2n) is 8.10. The van der Waals surface area contributed by atoms with Crippen LogP contribution in [0.4, 0.5) is 5.95 Å². The van der Waals surface area contributed by atoms with Gasteiger partial charge in [0, 0.05) is 16.0 Å². The van der Waals surface area contributed by atoms with E-state index >= 15 is 0 Å². The number of fused-ring (bicyclic) bond motifs is 2. The molecule has 172 valence electrons. The molecule has 3 heterocycles. The van der Waals surface area contributed by atoms with Crippen LogP contribution in [0.2, 0.25) is 5.02 Å². The van der Waals surface area contributed by atoms with Crippen LogP contribution in [0.5, 0.6) is 0 Å². The van der Waals surface area contributed by atoms with E-state index in [0.29, 0.717) is 27.5 Å². The Labute approximate surface area is 204 Å². The summed E-state index contributed by atoms with van der Waals surface area (Å²) in [6, 6.07) is 13.0. The highest BCUT2D eigenvalue weighted by Gasteiger charge is 2.44. The molecule has 0 saturated carbocycles. The molecule has 0 spiro atoms. The number of carbonyl (C=O) groups is 3. The zero-order valence-corrected chi connectivity index (χ0v) is 19.9. The molecule has 2 aromatic heterocycles. The molecule has 1 aliphatic rings.